The number of carbonyl (C=O) groups is 1. The smallest absolute Gasteiger partial charge is 0.393 e. The molecule has 0 heterocycles. The Morgan fingerprint density at radius 2 is 0.922 bits per heavy atom. The lowest BCUT2D eigenvalue weighted by Gasteiger charge is -2.24. The molecule has 0 aromatic carbocycles. The molecule has 9 nitrogen and oxygen atoms in total. The number of hydrogen-bond donors (Lipinski definition) is 5. The lowest BCUT2D eigenvalue weighted by atomic mass is 10.0. The Morgan fingerprint density at radius 3 is 1.33 bits per heavy atom. The highest BCUT2D eigenvalue weighted by Gasteiger charge is 2.27. The Kier molecular flexibility index (Phi) is 48.6. The fraction of sp³-hybridized carbons (Fsp3) is 0.870. The molecule has 0 aliphatic heterocycles. The number of nitrogens with one attached hydrogen (secondary N) is 1. The van der Waals surface area contributed by atoms with Gasteiger partial charge in [0.25, 0.3) is 0 Å². The van der Waals surface area contributed by atoms with E-state index in [1.165, 1.54) is 173 Å². The molecule has 0 saturated heterocycles. The van der Waals surface area contributed by atoms with E-state index in [2.05, 4.69) is 43.5 Å². The van der Waals surface area contributed by atoms with Crippen LogP contribution in [0.2, 0.25) is 0 Å². The molecule has 10 heteroatoms. The predicted molar refractivity (Wildman–Crippen MR) is 274 cm³/mol. The quantitative estimate of drug-likeness (QED) is 0.0230. The van der Waals surface area contributed by atoms with Crippen molar-refractivity contribution in [2.75, 3.05) is 19.8 Å². The van der Waals surface area contributed by atoms with Crippen LogP contribution in [-0.4, -0.2) is 59.0 Å². The number of unbranched alkanes of at least 4 members (excludes halogenated alkanes) is 33. The minimum Gasteiger partial charge on any atom is -0.393 e. The minimum atomic E-state index is -4.41. The summed E-state index contributed by atoms with van der Waals surface area (Å²) in [6, 6.07) is -0.988. The van der Waals surface area contributed by atoms with Gasteiger partial charge < -0.3 is 26.2 Å². The van der Waals surface area contributed by atoms with E-state index < -0.39 is 38.6 Å². The summed E-state index contributed by atoms with van der Waals surface area (Å²) in [7, 11) is -4.41. The number of rotatable bonds is 51. The third kappa shape index (κ3) is 47.2. The number of amides is 1. The zero-order chi connectivity index (χ0) is 46.9. The van der Waals surface area contributed by atoms with Crippen LogP contribution in [-0.2, 0) is 18.4 Å². The molecule has 0 bridgehead atoms. The summed E-state index contributed by atoms with van der Waals surface area (Å²) in [4.78, 5) is 22.9. The van der Waals surface area contributed by atoms with Gasteiger partial charge in [-0.3, -0.25) is 13.8 Å². The summed E-state index contributed by atoms with van der Waals surface area (Å²) in [6.45, 7) is 4.00. The maximum atomic E-state index is 12.9. The van der Waals surface area contributed by atoms with Gasteiger partial charge in [0.05, 0.1) is 37.9 Å². The van der Waals surface area contributed by atoms with Gasteiger partial charge in [-0.15, -0.1) is 0 Å². The highest BCUT2D eigenvalue weighted by Crippen LogP contribution is 2.43. The van der Waals surface area contributed by atoms with E-state index in [0.717, 1.165) is 64.2 Å². The van der Waals surface area contributed by atoms with Crippen LogP contribution < -0.4 is 11.1 Å². The van der Waals surface area contributed by atoms with Crippen LogP contribution in [0.1, 0.15) is 264 Å². The van der Waals surface area contributed by atoms with E-state index in [1.807, 2.05) is 6.08 Å². The fourth-order valence-electron chi connectivity index (χ4n) is 8.15. The van der Waals surface area contributed by atoms with Crippen LogP contribution in [0, 0.1) is 0 Å². The molecule has 0 fully saturated rings. The predicted octanol–water partition coefficient (Wildman–Crippen LogP) is 15.2. The first-order valence-electron chi connectivity index (χ1n) is 27.2. The lowest BCUT2D eigenvalue weighted by Crippen LogP contribution is -2.46. The van der Waals surface area contributed by atoms with Crippen molar-refractivity contribution in [2.45, 2.75) is 283 Å². The van der Waals surface area contributed by atoms with Gasteiger partial charge in [0.15, 0.2) is 0 Å². The molecule has 0 aromatic heterocycles. The van der Waals surface area contributed by atoms with Crippen molar-refractivity contribution in [3.05, 3.63) is 36.5 Å². The van der Waals surface area contributed by atoms with E-state index in [0.29, 0.717) is 6.42 Å². The summed E-state index contributed by atoms with van der Waals surface area (Å²) in [5.41, 5.74) is 5.39. The van der Waals surface area contributed by atoms with E-state index in [9.17, 15) is 24.5 Å². The molecule has 4 unspecified atom stereocenters. The third-order valence-corrected chi connectivity index (χ3v) is 13.2. The van der Waals surface area contributed by atoms with Crippen molar-refractivity contribution >= 4 is 13.7 Å². The maximum Gasteiger partial charge on any atom is 0.472 e. The minimum absolute atomic E-state index is 0.0473. The van der Waals surface area contributed by atoms with E-state index in [4.69, 9.17) is 14.8 Å². The van der Waals surface area contributed by atoms with Gasteiger partial charge in [0.1, 0.15) is 0 Å². The lowest BCUT2D eigenvalue weighted by molar-refractivity contribution is -0.124. The Morgan fingerprint density at radius 1 is 0.547 bits per heavy atom. The molecule has 0 aromatic rings. The van der Waals surface area contributed by atoms with Crippen LogP contribution in [0.4, 0.5) is 0 Å². The highest BCUT2D eigenvalue weighted by atomic mass is 31.2. The van der Waals surface area contributed by atoms with Crippen molar-refractivity contribution in [3.8, 4) is 0 Å². The fourth-order valence-corrected chi connectivity index (χ4v) is 8.91. The average molecular weight is 925 g/mol. The normalized spacial score (nSPS) is 14.5. The van der Waals surface area contributed by atoms with E-state index >= 15 is 0 Å². The molecule has 6 N–H and O–H groups in total. The monoisotopic (exact) mass is 925 g/mol. The molecule has 1 amide bonds. The van der Waals surface area contributed by atoms with Gasteiger partial charge in [-0.25, -0.2) is 4.57 Å². The van der Waals surface area contributed by atoms with Gasteiger partial charge in [-0.1, -0.05) is 243 Å². The molecule has 0 rings (SSSR count). The number of allylic oxidation sites excluding steroid dienone is 5. The van der Waals surface area contributed by atoms with Crippen LogP contribution in [0.25, 0.3) is 0 Å². The molecule has 0 saturated carbocycles. The van der Waals surface area contributed by atoms with Gasteiger partial charge in [-0.05, 0) is 51.4 Å². The number of aliphatic hydroxyl groups is 2. The zero-order valence-corrected chi connectivity index (χ0v) is 42.8. The summed E-state index contributed by atoms with van der Waals surface area (Å²) in [5, 5.41) is 24.2. The summed E-state index contributed by atoms with van der Waals surface area (Å²) < 4.78 is 22.2. The van der Waals surface area contributed by atoms with Crippen LogP contribution in [0.3, 0.4) is 0 Å². The first-order valence-corrected chi connectivity index (χ1v) is 28.7. The number of hydrogen-bond acceptors (Lipinski definition) is 7. The van der Waals surface area contributed by atoms with Crippen LogP contribution in [0.15, 0.2) is 36.5 Å². The molecule has 378 valence electrons. The molecule has 4 atom stereocenters. The first-order chi connectivity index (χ1) is 31.3. The van der Waals surface area contributed by atoms with Crippen molar-refractivity contribution < 1.29 is 33.5 Å². The van der Waals surface area contributed by atoms with E-state index in [1.54, 1.807) is 6.08 Å². The SMILES string of the molecule is CCCCCCCCCCC/C=C\C/C=C\CCCCCCCC(O)CC(=O)NC(COP(=O)(O)OCCN)C(O)/C=C/CCCCCCCCCCCCCCCCCCCCC. The Labute approximate surface area is 395 Å². The molecule has 0 aliphatic carbocycles. The molecule has 64 heavy (non-hydrogen) atoms. The second kappa shape index (κ2) is 49.6. The molecule has 0 spiro atoms. The molecular formula is C54H105N2O7P. The number of nitrogens with two attached hydrogens (primary N) is 1. The summed E-state index contributed by atoms with van der Waals surface area (Å²) in [6.07, 6.45) is 58.1. The molecule has 0 aliphatic rings. The summed E-state index contributed by atoms with van der Waals surface area (Å²) in [5.74, 6) is -0.451. The van der Waals surface area contributed by atoms with Crippen molar-refractivity contribution in [1.29, 1.82) is 0 Å². The van der Waals surface area contributed by atoms with Gasteiger partial charge in [0.2, 0.25) is 5.91 Å². The standard InChI is InChI=1S/C54H105N2O7P/c1-3-5-7-9-11-13-15-17-19-21-23-25-27-29-31-33-35-37-39-41-43-45-51(57)49-54(59)56-52(50-63-64(60,61)62-48-47-55)53(58)46-44-42-40-38-36-34-32-30-28-26-24-22-20-18-16-14-12-10-8-6-4-2/h23,25,29,31,44,46,51-53,57-58H,3-22,24,26-28,30,32-43,45,47-50,55H2,1-2H3,(H,56,59)(H,60,61)/b25-23-,31-29-,46-44+. The van der Waals surface area contributed by atoms with Crippen LogP contribution in [0.5, 0.6) is 0 Å². The van der Waals surface area contributed by atoms with Gasteiger partial charge in [-0.2, -0.15) is 0 Å². The maximum absolute atomic E-state index is 12.9. The second-order valence-corrected chi connectivity index (χ2v) is 20.1. The van der Waals surface area contributed by atoms with Crippen molar-refractivity contribution in [2.24, 2.45) is 5.73 Å². The molecular weight excluding hydrogens is 820 g/mol. The second-order valence-electron chi connectivity index (χ2n) is 18.6. The number of phosphoric acid groups is 1. The summed E-state index contributed by atoms with van der Waals surface area (Å²) >= 11 is 0. The van der Waals surface area contributed by atoms with Crippen molar-refractivity contribution in [3.63, 3.8) is 0 Å². The highest BCUT2D eigenvalue weighted by molar-refractivity contribution is 7.47. The van der Waals surface area contributed by atoms with Gasteiger partial charge >= 0.3 is 7.82 Å². The van der Waals surface area contributed by atoms with Crippen molar-refractivity contribution in [1.82, 2.24) is 5.32 Å². The number of carbonyl (C=O) groups excluding carboxylic acids is 1. The number of phosphoric ester groups is 1. The van der Waals surface area contributed by atoms with E-state index in [-0.39, 0.29) is 19.6 Å². The Bertz CT molecular complexity index is 1120. The third-order valence-electron chi connectivity index (χ3n) is 12.3. The topological polar surface area (TPSA) is 151 Å². The Balaban J connectivity index is 4.18. The molecule has 0 radical (unpaired) electrons. The zero-order valence-electron chi connectivity index (χ0n) is 41.9. The van der Waals surface area contributed by atoms with Gasteiger partial charge in [0, 0.05) is 6.54 Å². The number of aliphatic hydroxyl groups excluding tert-OH is 2. The average Bonchev–Trinajstić information content (AvgIpc) is 3.28. The first kappa shape index (κ1) is 62.7. The largest absolute Gasteiger partial charge is 0.472 e. The Hall–Kier alpha value is -1.32. The van der Waals surface area contributed by atoms with Crippen LogP contribution >= 0.6 is 7.82 Å².